The highest BCUT2D eigenvalue weighted by atomic mass is 32.1. The van der Waals surface area contributed by atoms with Crippen molar-refractivity contribution in [3.63, 3.8) is 0 Å². The number of carbonyl (C=O) groups is 1. The van der Waals surface area contributed by atoms with E-state index >= 15 is 0 Å². The lowest BCUT2D eigenvalue weighted by atomic mass is 10.1. The van der Waals surface area contributed by atoms with E-state index in [1.165, 1.54) is 18.4 Å². The first kappa shape index (κ1) is 13.8. The number of thiazole rings is 1. The van der Waals surface area contributed by atoms with E-state index in [2.05, 4.69) is 9.98 Å². The van der Waals surface area contributed by atoms with E-state index in [1.54, 1.807) is 18.2 Å². The fourth-order valence-corrected chi connectivity index (χ4v) is 2.52. The number of aromatic nitrogens is 1. The molecule has 0 saturated carbocycles. The molecule has 2 aromatic rings. The number of hydrogen-bond donors (Lipinski definition) is 3. The lowest BCUT2D eigenvalue weighted by Gasteiger charge is -2.01. The molecule has 8 heteroatoms. The predicted octanol–water partition coefficient (Wildman–Crippen LogP) is 1.08. The van der Waals surface area contributed by atoms with Crippen LogP contribution in [0.15, 0.2) is 29.3 Å². The second kappa shape index (κ2) is 5.57. The van der Waals surface area contributed by atoms with Gasteiger partial charge in [-0.1, -0.05) is 23.5 Å². The monoisotopic (exact) mass is 291 g/mol. The number of anilines is 1. The van der Waals surface area contributed by atoms with Crippen LogP contribution < -0.4 is 17.2 Å². The normalized spacial score (nSPS) is 10.1. The zero-order chi connectivity index (χ0) is 14.7. The molecule has 0 radical (unpaired) electrons. The number of ether oxygens (including phenoxy) is 1. The highest BCUT2D eigenvalue weighted by molar-refractivity contribution is 7.19. The molecule has 0 atom stereocenters. The number of nitrogens with two attached hydrogens (primary N) is 3. The summed E-state index contributed by atoms with van der Waals surface area (Å²) in [5, 5.41) is 0.280. The first-order valence-electron chi connectivity index (χ1n) is 5.56. The van der Waals surface area contributed by atoms with Crippen LogP contribution in [0.1, 0.15) is 10.5 Å². The SMILES string of the molecule is COC(=O)c1nc(N=C(N)N)sc1-c1cccc(N)c1. The van der Waals surface area contributed by atoms with Crippen molar-refractivity contribution in [2.75, 3.05) is 12.8 Å². The van der Waals surface area contributed by atoms with Gasteiger partial charge < -0.3 is 21.9 Å². The third kappa shape index (κ3) is 2.86. The van der Waals surface area contributed by atoms with Crippen molar-refractivity contribution in [3.8, 4) is 10.4 Å². The van der Waals surface area contributed by atoms with Crippen molar-refractivity contribution >= 4 is 34.1 Å². The van der Waals surface area contributed by atoms with E-state index in [4.69, 9.17) is 21.9 Å². The Morgan fingerprint density at radius 1 is 1.40 bits per heavy atom. The number of methoxy groups -OCH3 is 1. The Morgan fingerprint density at radius 2 is 2.15 bits per heavy atom. The van der Waals surface area contributed by atoms with Gasteiger partial charge in [0, 0.05) is 5.69 Å². The van der Waals surface area contributed by atoms with Crippen molar-refractivity contribution in [1.29, 1.82) is 0 Å². The summed E-state index contributed by atoms with van der Waals surface area (Å²) in [6.45, 7) is 0. The number of esters is 1. The Kier molecular flexibility index (Phi) is 3.85. The number of rotatable bonds is 3. The van der Waals surface area contributed by atoms with Gasteiger partial charge in [0.15, 0.2) is 11.7 Å². The fraction of sp³-hybridized carbons (Fsp3) is 0.0833. The molecule has 0 aliphatic heterocycles. The predicted molar refractivity (Wildman–Crippen MR) is 78.8 cm³/mol. The van der Waals surface area contributed by atoms with Gasteiger partial charge in [-0.15, -0.1) is 0 Å². The van der Waals surface area contributed by atoms with Crippen LogP contribution in [-0.2, 0) is 4.74 Å². The van der Waals surface area contributed by atoms with E-state index in [9.17, 15) is 4.79 Å². The number of benzene rings is 1. The molecule has 0 aliphatic carbocycles. The third-order valence-corrected chi connectivity index (χ3v) is 3.37. The maximum Gasteiger partial charge on any atom is 0.358 e. The molecule has 7 nitrogen and oxygen atoms in total. The molecule has 0 saturated heterocycles. The Hall–Kier alpha value is -2.61. The van der Waals surface area contributed by atoms with Crippen LogP contribution in [0, 0.1) is 0 Å². The largest absolute Gasteiger partial charge is 0.464 e. The average molecular weight is 291 g/mol. The van der Waals surface area contributed by atoms with Gasteiger partial charge in [-0.05, 0) is 17.7 Å². The molecule has 0 bridgehead atoms. The van der Waals surface area contributed by atoms with Gasteiger partial charge in [-0.3, -0.25) is 0 Å². The lowest BCUT2D eigenvalue weighted by Crippen LogP contribution is -2.21. The van der Waals surface area contributed by atoms with Crippen LogP contribution in [0.5, 0.6) is 0 Å². The molecular weight excluding hydrogens is 278 g/mol. The Bertz CT molecular complexity index is 676. The molecule has 0 aliphatic rings. The standard InChI is InChI=1S/C12H13N5O2S/c1-19-10(18)8-9(6-3-2-4-7(13)5-6)20-12(16-8)17-11(14)15/h2-5H,13H2,1H3,(H4,14,15,16,17). The van der Waals surface area contributed by atoms with E-state index in [1.807, 2.05) is 6.07 Å². The van der Waals surface area contributed by atoms with Gasteiger partial charge in [-0.25, -0.2) is 9.78 Å². The second-order valence-electron chi connectivity index (χ2n) is 3.83. The summed E-state index contributed by atoms with van der Waals surface area (Å²) in [4.78, 5) is 20.3. The third-order valence-electron chi connectivity index (χ3n) is 2.37. The van der Waals surface area contributed by atoms with Crippen molar-refractivity contribution in [3.05, 3.63) is 30.0 Å². The minimum atomic E-state index is -0.560. The number of hydrogen-bond acceptors (Lipinski definition) is 6. The van der Waals surface area contributed by atoms with Crippen LogP contribution in [0.25, 0.3) is 10.4 Å². The van der Waals surface area contributed by atoms with Gasteiger partial charge in [0.05, 0.1) is 12.0 Å². The molecule has 0 unspecified atom stereocenters. The van der Waals surface area contributed by atoms with Crippen LogP contribution in [-0.4, -0.2) is 24.0 Å². The van der Waals surface area contributed by atoms with E-state index in [-0.39, 0.29) is 16.8 Å². The maximum atomic E-state index is 11.8. The van der Waals surface area contributed by atoms with Crippen molar-refractivity contribution in [2.45, 2.75) is 0 Å². The first-order valence-corrected chi connectivity index (χ1v) is 6.37. The second-order valence-corrected chi connectivity index (χ2v) is 4.81. The average Bonchev–Trinajstić information content (AvgIpc) is 2.81. The molecular formula is C12H13N5O2S. The van der Waals surface area contributed by atoms with Gasteiger partial charge in [0.1, 0.15) is 0 Å². The molecule has 1 heterocycles. The first-order chi connectivity index (χ1) is 9.51. The molecule has 104 valence electrons. The maximum absolute atomic E-state index is 11.8. The molecule has 0 amide bonds. The molecule has 1 aromatic carbocycles. The van der Waals surface area contributed by atoms with Crippen molar-refractivity contribution < 1.29 is 9.53 Å². The Labute approximate surface area is 119 Å². The Morgan fingerprint density at radius 3 is 2.75 bits per heavy atom. The van der Waals surface area contributed by atoms with Gasteiger partial charge in [-0.2, -0.15) is 4.99 Å². The number of guanidine groups is 1. The molecule has 1 aromatic heterocycles. The van der Waals surface area contributed by atoms with E-state index in [0.717, 1.165) is 5.56 Å². The lowest BCUT2D eigenvalue weighted by molar-refractivity contribution is 0.0596. The number of carbonyl (C=O) groups excluding carboxylic acids is 1. The van der Waals surface area contributed by atoms with Crippen LogP contribution in [0.2, 0.25) is 0 Å². The quantitative estimate of drug-likeness (QED) is 0.336. The van der Waals surface area contributed by atoms with Crippen molar-refractivity contribution in [1.82, 2.24) is 4.98 Å². The topological polar surface area (TPSA) is 130 Å². The molecule has 0 fully saturated rings. The summed E-state index contributed by atoms with van der Waals surface area (Å²) in [6.07, 6.45) is 0. The summed E-state index contributed by atoms with van der Waals surface area (Å²) < 4.78 is 4.71. The van der Waals surface area contributed by atoms with Gasteiger partial charge in [0.25, 0.3) is 0 Å². The van der Waals surface area contributed by atoms with E-state index in [0.29, 0.717) is 10.6 Å². The molecule has 6 N–H and O–H groups in total. The molecule has 0 spiro atoms. The van der Waals surface area contributed by atoms with E-state index < -0.39 is 5.97 Å². The van der Waals surface area contributed by atoms with Crippen molar-refractivity contribution in [2.24, 2.45) is 16.5 Å². The molecule has 2 rings (SSSR count). The summed E-state index contributed by atoms with van der Waals surface area (Å²) >= 11 is 1.18. The minimum absolute atomic E-state index is 0.130. The smallest absolute Gasteiger partial charge is 0.358 e. The minimum Gasteiger partial charge on any atom is -0.464 e. The van der Waals surface area contributed by atoms with Crippen LogP contribution in [0.4, 0.5) is 10.8 Å². The fourth-order valence-electron chi connectivity index (χ4n) is 1.58. The summed E-state index contributed by atoms with van der Waals surface area (Å²) in [7, 11) is 1.28. The summed E-state index contributed by atoms with van der Waals surface area (Å²) in [5.41, 5.74) is 17.9. The highest BCUT2D eigenvalue weighted by Gasteiger charge is 2.20. The molecule has 20 heavy (non-hydrogen) atoms. The Balaban J connectivity index is 2.58. The number of aliphatic imine (C=N–C) groups is 1. The zero-order valence-corrected chi connectivity index (χ0v) is 11.5. The van der Waals surface area contributed by atoms with Gasteiger partial charge >= 0.3 is 5.97 Å². The highest BCUT2D eigenvalue weighted by Crippen LogP contribution is 2.35. The van der Waals surface area contributed by atoms with Crippen LogP contribution in [0.3, 0.4) is 0 Å². The zero-order valence-electron chi connectivity index (χ0n) is 10.7. The number of nitrogen functional groups attached to an aromatic ring is 1. The summed E-state index contributed by atoms with van der Waals surface area (Å²) in [5.74, 6) is -0.690. The van der Waals surface area contributed by atoms with Gasteiger partial charge in [0.2, 0.25) is 5.13 Å². The number of nitrogens with zero attached hydrogens (tertiary/aromatic N) is 2. The summed E-state index contributed by atoms with van der Waals surface area (Å²) in [6, 6.07) is 7.08. The van der Waals surface area contributed by atoms with Crippen LogP contribution >= 0.6 is 11.3 Å².